The molecule has 20 heavy (non-hydrogen) atoms. The lowest BCUT2D eigenvalue weighted by atomic mass is 9.98. The molecule has 0 amide bonds. The first kappa shape index (κ1) is 17.6. The van der Waals surface area contributed by atoms with Crippen LogP contribution in [0.4, 0.5) is 0 Å². The lowest BCUT2D eigenvalue weighted by Gasteiger charge is -2.32. The number of piperidine rings is 1. The number of hydrogen-bond acceptors (Lipinski definition) is 3. The van der Waals surface area contributed by atoms with Crippen LogP contribution in [0.15, 0.2) is 18.2 Å². The molecule has 2 rings (SSSR count). The van der Waals surface area contributed by atoms with Crippen LogP contribution >= 0.6 is 24.0 Å². The van der Waals surface area contributed by atoms with E-state index in [-0.39, 0.29) is 12.4 Å². The number of likely N-dealkylation sites (tertiary alicyclic amines) is 1. The number of nitrogens with zero attached hydrogens (tertiary/aromatic N) is 1. The highest BCUT2D eigenvalue weighted by Crippen LogP contribution is 2.26. The van der Waals surface area contributed by atoms with Crippen molar-refractivity contribution in [3.8, 4) is 5.75 Å². The van der Waals surface area contributed by atoms with Gasteiger partial charge in [-0.1, -0.05) is 11.6 Å². The predicted molar refractivity (Wildman–Crippen MR) is 86.9 cm³/mol. The van der Waals surface area contributed by atoms with Crippen molar-refractivity contribution in [1.29, 1.82) is 0 Å². The Balaban J connectivity index is 0.00000200. The summed E-state index contributed by atoms with van der Waals surface area (Å²) in [7, 11) is 0. The standard InChI is InChI=1S/C15H23ClN2O.ClH/c1-2-19-15-6-5-14(16)8-13(15)11-18-7-3-4-12(9-17)10-18;/h5-6,8,12H,2-4,7,9-11,17H2,1H3;1H. The van der Waals surface area contributed by atoms with E-state index in [1.54, 1.807) is 0 Å². The summed E-state index contributed by atoms with van der Waals surface area (Å²) in [5.41, 5.74) is 6.96. The molecule has 0 aromatic heterocycles. The summed E-state index contributed by atoms with van der Waals surface area (Å²) in [4.78, 5) is 2.45. The summed E-state index contributed by atoms with van der Waals surface area (Å²) in [6.45, 7) is 6.57. The first-order valence-corrected chi connectivity index (χ1v) is 7.44. The normalized spacial score (nSPS) is 19.4. The highest BCUT2D eigenvalue weighted by molar-refractivity contribution is 6.30. The van der Waals surface area contributed by atoms with Crippen LogP contribution < -0.4 is 10.5 Å². The predicted octanol–water partition coefficient (Wildman–Crippen LogP) is 3.33. The number of rotatable bonds is 5. The summed E-state index contributed by atoms with van der Waals surface area (Å²) in [6.07, 6.45) is 2.48. The quantitative estimate of drug-likeness (QED) is 0.905. The van der Waals surface area contributed by atoms with E-state index in [2.05, 4.69) is 4.90 Å². The van der Waals surface area contributed by atoms with Gasteiger partial charge in [-0.15, -0.1) is 12.4 Å². The van der Waals surface area contributed by atoms with Crippen molar-refractivity contribution in [2.24, 2.45) is 11.7 Å². The van der Waals surface area contributed by atoms with Crippen molar-refractivity contribution in [3.63, 3.8) is 0 Å². The van der Waals surface area contributed by atoms with E-state index < -0.39 is 0 Å². The summed E-state index contributed by atoms with van der Waals surface area (Å²) in [5.74, 6) is 1.57. The second-order valence-electron chi connectivity index (χ2n) is 5.16. The van der Waals surface area contributed by atoms with E-state index in [9.17, 15) is 0 Å². The van der Waals surface area contributed by atoms with Crippen LogP contribution in [-0.4, -0.2) is 31.1 Å². The fraction of sp³-hybridized carbons (Fsp3) is 0.600. The third-order valence-electron chi connectivity index (χ3n) is 3.65. The SMILES string of the molecule is CCOc1ccc(Cl)cc1CN1CCCC(CN)C1.Cl. The number of ether oxygens (including phenoxy) is 1. The third-order valence-corrected chi connectivity index (χ3v) is 3.89. The van der Waals surface area contributed by atoms with Crippen molar-refractivity contribution in [1.82, 2.24) is 4.90 Å². The van der Waals surface area contributed by atoms with Crippen molar-refractivity contribution >= 4 is 24.0 Å². The molecule has 1 heterocycles. The van der Waals surface area contributed by atoms with Gasteiger partial charge in [0.1, 0.15) is 5.75 Å². The molecule has 0 spiro atoms. The van der Waals surface area contributed by atoms with Crippen molar-refractivity contribution < 1.29 is 4.74 Å². The molecule has 1 aromatic rings. The second kappa shape index (κ2) is 8.73. The second-order valence-corrected chi connectivity index (χ2v) is 5.60. The molecule has 0 saturated carbocycles. The Morgan fingerprint density at radius 2 is 2.25 bits per heavy atom. The molecule has 0 bridgehead atoms. The Kier molecular flexibility index (Phi) is 7.67. The lowest BCUT2D eigenvalue weighted by molar-refractivity contribution is 0.169. The Morgan fingerprint density at radius 1 is 1.45 bits per heavy atom. The first-order chi connectivity index (χ1) is 9.22. The minimum atomic E-state index is 0. The van der Waals surface area contributed by atoms with Crippen molar-refractivity contribution in [3.05, 3.63) is 28.8 Å². The van der Waals surface area contributed by atoms with E-state index in [4.69, 9.17) is 22.1 Å². The van der Waals surface area contributed by atoms with Gasteiger partial charge in [0.25, 0.3) is 0 Å². The molecule has 5 heteroatoms. The molecule has 1 aromatic carbocycles. The molecule has 1 saturated heterocycles. The Morgan fingerprint density at radius 3 is 2.95 bits per heavy atom. The van der Waals surface area contributed by atoms with Gasteiger partial charge in [-0.2, -0.15) is 0 Å². The average Bonchev–Trinajstić information content (AvgIpc) is 2.42. The number of halogens is 2. The van der Waals surface area contributed by atoms with Gasteiger partial charge in [-0.05, 0) is 57.0 Å². The highest BCUT2D eigenvalue weighted by Gasteiger charge is 2.19. The zero-order valence-corrected chi connectivity index (χ0v) is 13.6. The molecule has 0 aliphatic carbocycles. The topological polar surface area (TPSA) is 38.5 Å². The first-order valence-electron chi connectivity index (χ1n) is 7.06. The molecule has 2 N–H and O–H groups in total. The van der Waals surface area contributed by atoms with Crippen LogP contribution in [0, 0.1) is 5.92 Å². The van der Waals surface area contributed by atoms with Crippen LogP contribution in [0.5, 0.6) is 5.75 Å². The van der Waals surface area contributed by atoms with Gasteiger partial charge in [0.2, 0.25) is 0 Å². The largest absolute Gasteiger partial charge is 0.494 e. The van der Waals surface area contributed by atoms with Crippen LogP contribution in [0.1, 0.15) is 25.3 Å². The van der Waals surface area contributed by atoms with E-state index in [1.165, 1.54) is 18.4 Å². The number of nitrogens with two attached hydrogens (primary N) is 1. The Hall–Kier alpha value is -0.480. The van der Waals surface area contributed by atoms with Crippen LogP contribution in [0.2, 0.25) is 5.02 Å². The van der Waals surface area contributed by atoms with Gasteiger partial charge in [-0.25, -0.2) is 0 Å². The van der Waals surface area contributed by atoms with Gasteiger partial charge < -0.3 is 10.5 Å². The summed E-state index contributed by atoms with van der Waals surface area (Å²) in [5, 5.41) is 0.769. The highest BCUT2D eigenvalue weighted by atomic mass is 35.5. The molecule has 1 unspecified atom stereocenters. The maximum Gasteiger partial charge on any atom is 0.123 e. The summed E-state index contributed by atoms with van der Waals surface area (Å²) < 4.78 is 5.68. The summed E-state index contributed by atoms with van der Waals surface area (Å²) >= 11 is 6.10. The average molecular weight is 319 g/mol. The lowest BCUT2D eigenvalue weighted by Crippen LogP contribution is -2.37. The fourth-order valence-electron chi connectivity index (χ4n) is 2.70. The maximum atomic E-state index is 6.10. The van der Waals surface area contributed by atoms with E-state index in [0.717, 1.165) is 37.0 Å². The summed E-state index contributed by atoms with van der Waals surface area (Å²) in [6, 6.07) is 5.86. The van der Waals surface area contributed by atoms with E-state index >= 15 is 0 Å². The van der Waals surface area contributed by atoms with Gasteiger partial charge in [-0.3, -0.25) is 4.90 Å². The third kappa shape index (κ3) is 4.81. The minimum Gasteiger partial charge on any atom is -0.494 e. The fourth-order valence-corrected chi connectivity index (χ4v) is 2.89. The van der Waals surface area contributed by atoms with Gasteiger partial charge in [0.15, 0.2) is 0 Å². The molecule has 0 radical (unpaired) electrons. The molecule has 1 aliphatic heterocycles. The van der Waals surface area contributed by atoms with Gasteiger partial charge in [0, 0.05) is 23.7 Å². The zero-order valence-electron chi connectivity index (χ0n) is 12.0. The maximum absolute atomic E-state index is 6.10. The van der Waals surface area contributed by atoms with E-state index in [1.807, 2.05) is 25.1 Å². The smallest absolute Gasteiger partial charge is 0.123 e. The van der Waals surface area contributed by atoms with Gasteiger partial charge in [0.05, 0.1) is 6.61 Å². The minimum absolute atomic E-state index is 0. The van der Waals surface area contributed by atoms with Crippen LogP contribution in [0.25, 0.3) is 0 Å². The van der Waals surface area contributed by atoms with E-state index in [0.29, 0.717) is 12.5 Å². The van der Waals surface area contributed by atoms with Crippen LogP contribution in [-0.2, 0) is 6.54 Å². The zero-order chi connectivity index (χ0) is 13.7. The molecule has 114 valence electrons. The van der Waals surface area contributed by atoms with Gasteiger partial charge >= 0.3 is 0 Å². The molecule has 1 atom stereocenters. The molecule has 1 aliphatic rings. The molecule has 3 nitrogen and oxygen atoms in total. The number of benzene rings is 1. The Labute approximate surface area is 132 Å². The molecule has 1 fully saturated rings. The molecular formula is C15H24Cl2N2O. The van der Waals surface area contributed by atoms with Crippen LogP contribution in [0.3, 0.4) is 0 Å². The van der Waals surface area contributed by atoms with Crippen molar-refractivity contribution in [2.75, 3.05) is 26.2 Å². The molecular weight excluding hydrogens is 295 g/mol. The number of hydrogen-bond donors (Lipinski definition) is 1. The monoisotopic (exact) mass is 318 g/mol. The Bertz CT molecular complexity index is 415. The van der Waals surface area contributed by atoms with Crippen molar-refractivity contribution in [2.45, 2.75) is 26.3 Å².